The third kappa shape index (κ3) is 3.51. The average Bonchev–Trinajstić information content (AvgIpc) is 2.55. The van der Waals surface area contributed by atoms with Crippen LogP contribution in [0.15, 0.2) is 42.5 Å². The summed E-state index contributed by atoms with van der Waals surface area (Å²) in [6.45, 7) is 2.06. The summed E-state index contributed by atoms with van der Waals surface area (Å²) in [5.41, 5.74) is 3.38. The van der Waals surface area contributed by atoms with Crippen LogP contribution in [0.25, 0.3) is 0 Å². The van der Waals surface area contributed by atoms with E-state index in [0.29, 0.717) is 0 Å². The highest BCUT2D eigenvalue weighted by atomic mass is 127. The lowest BCUT2D eigenvalue weighted by molar-refractivity contribution is 0.415. The largest absolute Gasteiger partial charge is 0.497 e. The first-order valence-electron chi connectivity index (χ1n) is 7.05. The summed E-state index contributed by atoms with van der Waals surface area (Å²) < 4.78 is 7.49. The number of nitrogens with zero attached hydrogens (tertiary/aromatic N) is 1. The fourth-order valence-electron chi connectivity index (χ4n) is 2.40. The maximum absolute atomic E-state index is 6.10. The first kappa shape index (κ1) is 16.7. The molecule has 0 bridgehead atoms. The molecule has 2 aromatic rings. The zero-order valence-electron chi connectivity index (χ0n) is 12.8. The Morgan fingerprint density at radius 2 is 1.96 bits per heavy atom. The number of nitrogens with one attached hydrogen (secondary N) is 1. The van der Waals surface area contributed by atoms with Gasteiger partial charge in [-0.25, -0.2) is 0 Å². The van der Waals surface area contributed by atoms with E-state index < -0.39 is 0 Å². The molecule has 0 spiro atoms. The Morgan fingerprint density at radius 1 is 1.22 bits per heavy atom. The van der Waals surface area contributed by atoms with Crippen molar-refractivity contribution in [1.29, 1.82) is 0 Å². The Morgan fingerprint density at radius 3 is 2.61 bits per heavy atom. The quantitative estimate of drug-likeness (QED) is 0.318. The van der Waals surface area contributed by atoms with Gasteiger partial charge in [0.15, 0.2) is 5.11 Å². The van der Waals surface area contributed by atoms with Crippen molar-refractivity contribution in [2.45, 2.75) is 6.92 Å². The van der Waals surface area contributed by atoms with Crippen molar-refractivity contribution in [3.63, 3.8) is 0 Å². The Hall–Kier alpha value is -1.18. The van der Waals surface area contributed by atoms with Crippen molar-refractivity contribution < 1.29 is 4.74 Å². The number of hydrogen-bond acceptors (Lipinski definition) is 2. The van der Waals surface area contributed by atoms with Crippen LogP contribution >= 0.6 is 44.5 Å². The smallest absolute Gasteiger partial charge is 0.179 e. The third-order valence-corrected chi connectivity index (χ3v) is 6.69. The van der Waals surface area contributed by atoms with Gasteiger partial charge in [-0.1, -0.05) is 32.3 Å². The predicted molar refractivity (Wildman–Crippen MR) is 110 cm³/mol. The topological polar surface area (TPSA) is 24.5 Å². The molecule has 1 aliphatic heterocycles. The van der Waals surface area contributed by atoms with Crippen LogP contribution in [0, 0.1) is 6.92 Å². The minimum atomic E-state index is -0.188. The van der Waals surface area contributed by atoms with Gasteiger partial charge in [0.2, 0.25) is 0 Å². The summed E-state index contributed by atoms with van der Waals surface area (Å²) in [6, 6.07) is 14.1. The van der Waals surface area contributed by atoms with E-state index in [0.717, 1.165) is 31.7 Å². The number of rotatable bonds is 3. The van der Waals surface area contributed by atoms with Crippen LogP contribution in [0.1, 0.15) is 11.1 Å². The summed E-state index contributed by atoms with van der Waals surface area (Å²) >= 11 is 11.5. The fraction of sp³-hybridized carbons (Fsp3) is 0.176. The molecule has 2 aromatic carbocycles. The lowest BCUT2D eigenvalue weighted by atomic mass is 10.1. The molecule has 0 atom stereocenters. The Labute approximate surface area is 156 Å². The van der Waals surface area contributed by atoms with Crippen LogP contribution in [-0.2, 0) is 0 Å². The Balaban J connectivity index is 2.05. The van der Waals surface area contributed by atoms with Crippen LogP contribution in [0.5, 0.6) is 5.75 Å². The number of aryl methyl sites for hydroxylation is 1. The summed E-state index contributed by atoms with van der Waals surface area (Å²) in [4.78, 5) is 2.15. The molecule has 1 heterocycles. The zero-order chi connectivity index (χ0) is 16.4. The molecule has 23 heavy (non-hydrogen) atoms. The molecule has 1 aliphatic rings. The van der Waals surface area contributed by atoms with Gasteiger partial charge in [0.05, 0.1) is 21.0 Å². The van der Waals surface area contributed by atoms with E-state index in [2.05, 4.69) is 29.3 Å². The minimum absolute atomic E-state index is 0.188. The van der Waals surface area contributed by atoms with Gasteiger partial charge in [-0.3, -0.25) is 4.90 Å². The molecule has 0 unspecified atom stereocenters. The van der Waals surface area contributed by atoms with Gasteiger partial charge in [-0.05, 0) is 67.2 Å². The highest BCUT2D eigenvalue weighted by molar-refractivity contribution is 14.2. The second-order valence-corrected chi connectivity index (χ2v) is 8.41. The maximum Gasteiger partial charge on any atom is 0.179 e. The van der Waals surface area contributed by atoms with E-state index in [1.165, 1.54) is 9.20 Å². The molecular formula is C17H16ClIN2OS. The summed E-state index contributed by atoms with van der Waals surface area (Å²) in [5, 5.41) is 4.80. The number of halogens is 2. The van der Waals surface area contributed by atoms with Crippen molar-refractivity contribution in [2.24, 2.45) is 0 Å². The first-order valence-corrected chi connectivity index (χ1v) is 10.4. The Bertz CT molecular complexity index is 777. The molecule has 120 valence electrons. The van der Waals surface area contributed by atoms with Crippen molar-refractivity contribution in [3.8, 4) is 5.75 Å². The van der Waals surface area contributed by atoms with Crippen LogP contribution in [0.2, 0.25) is 5.02 Å². The van der Waals surface area contributed by atoms with Crippen molar-refractivity contribution in [3.05, 3.63) is 58.6 Å². The van der Waals surface area contributed by atoms with Gasteiger partial charge in [0.1, 0.15) is 5.75 Å². The van der Waals surface area contributed by atoms with Crippen LogP contribution in [0.3, 0.4) is 0 Å². The van der Waals surface area contributed by atoms with E-state index in [1.54, 1.807) is 7.11 Å². The first-order chi connectivity index (χ1) is 11.1. The molecular weight excluding hydrogens is 443 g/mol. The van der Waals surface area contributed by atoms with Crippen LogP contribution in [-0.4, -0.2) is 20.4 Å². The highest BCUT2D eigenvalue weighted by Gasteiger charge is 2.23. The molecule has 0 radical (unpaired) electrons. The van der Waals surface area contributed by atoms with E-state index in [-0.39, 0.29) is 20.7 Å². The highest BCUT2D eigenvalue weighted by Crippen LogP contribution is 2.29. The minimum Gasteiger partial charge on any atom is -0.497 e. The van der Waals surface area contributed by atoms with E-state index in [1.807, 2.05) is 30.3 Å². The molecule has 0 saturated heterocycles. The number of benzene rings is 2. The van der Waals surface area contributed by atoms with E-state index >= 15 is 0 Å². The van der Waals surface area contributed by atoms with Gasteiger partial charge in [0, 0.05) is 10.6 Å². The zero-order valence-corrected chi connectivity index (χ0v) is 16.5. The molecule has 0 aliphatic carbocycles. The fourth-order valence-corrected chi connectivity index (χ4v) is 5.87. The van der Waals surface area contributed by atoms with Crippen LogP contribution in [0.4, 0.5) is 5.69 Å². The van der Waals surface area contributed by atoms with E-state index in [9.17, 15) is 0 Å². The lowest BCUT2D eigenvalue weighted by Gasteiger charge is -2.32. The van der Waals surface area contributed by atoms with Gasteiger partial charge in [-0.15, -0.1) is 0 Å². The monoisotopic (exact) mass is 458 g/mol. The van der Waals surface area contributed by atoms with Crippen molar-refractivity contribution in [1.82, 2.24) is 5.32 Å². The Kier molecular flexibility index (Phi) is 5.18. The SMILES string of the molecule is COc1ccc(C2=ICNC(=S)N2c2ccc(Cl)cc2C)cc1. The van der Waals surface area contributed by atoms with Gasteiger partial charge in [-0.2, -0.15) is 0 Å². The molecule has 0 aromatic heterocycles. The van der Waals surface area contributed by atoms with Crippen molar-refractivity contribution >= 4 is 59.0 Å². The predicted octanol–water partition coefficient (Wildman–Crippen LogP) is 4.46. The van der Waals surface area contributed by atoms with Gasteiger partial charge >= 0.3 is 0 Å². The summed E-state index contributed by atoms with van der Waals surface area (Å²) in [7, 11) is 1.68. The van der Waals surface area contributed by atoms with Gasteiger partial charge in [0.25, 0.3) is 0 Å². The third-order valence-electron chi connectivity index (χ3n) is 3.54. The molecule has 0 saturated carbocycles. The number of anilines is 1. The summed E-state index contributed by atoms with van der Waals surface area (Å²) in [5.74, 6) is 0.860. The summed E-state index contributed by atoms with van der Waals surface area (Å²) in [6.07, 6.45) is 0. The number of thiocarbonyl (C=S) groups is 1. The van der Waals surface area contributed by atoms with Crippen LogP contribution < -0.4 is 15.0 Å². The standard InChI is InChI=1S/C17H16ClIN2OS/c1-11-9-13(18)5-8-15(11)21-16(19-10-20-17(21)23)12-3-6-14(22-2)7-4-12/h3-9H,10H2,1-2H3,(H,20,23). The number of alkyl halides is 1. The second-order valence-electron chi connectivity index (χ2n) is 5.03. The molecule has 0 fully saturated rings. The average molecular weight is 459 g/mol. The second kappa shape index (κ2) is 7.15. The number of methoxy groups -OCH3 is 1. The number of ether oxygens (including phenoxy) is 1. The van der Waals surface area contributed by atoms with Gasteiger partial charge < -0.3 is 10.1 Å². The number of hydrogen-bond donors (Lipinski definition) is 1. The molecule has 3 rings (SSSR count). The normalized spacial score (nSPS) is 14.7. The molecule has 6 heteroatoms. The van der Waals surface area contributed by atoms with Crippen molar-refractivity contribution in [2.75, 3.05) is 16.6 Å². The maximum atomic E-state index is 6.10. The lowest BCUT2D eigenvalue weighted by Crippen LogP contribution is -2.46. The molecule has 3 nitrogen and oxygen atoms in total. The molecule has 0 amide bonds. The molecule has 1 N–H and O–H groups in total. The van der Waals surface area contributed by atoms with E-state index in [4.69, 9.17) is 28.6 Å².